The molecule has 5 heteroatoms. The zero-order valence-electron chi connectivity index (χ0n) is 12.6. The minimum Gasteiger partial charge on any atom is -0.397 e. The standard InChI is InChI=1S/C19H13N3OS/c20-16-14-7-4-9-21-19(14)22-17(13-8-10-24-11-13)15(16)18(23)12-5-2-1-3-6-12/h1-11H,(H2,20,21,22). The van der Waals surface area contributed by atoms with Crippen molar-refractivity contribution in [2.45, 2.75) is 0 Å². The molecule has 0 saturated carbocycles. The number of nitrogens with two attached hydrogens (primary N) is 1. The molecule has 0 fully saturated rings. The average Bonchev–Trinajstić information content (AvgIpc) is 3.16. The Balaban J connectivity index is 2.04. The predicted octanol–water partition coefficient (Wildman–Crippen LogP) is 4.17. The monoisotopic (exact) mass is 331 g/mol. The van der Waals surface area contributed by atoms with E-state index in [0.717, 1.165) is 5.56 Å². The Morgan fingerprint density at radius 2 is 1.88 bits per heavy atom. The van der Waals surface area contributed by atoms with Gasteiger partial charge in [-0.05, 0) is 23.6 Å². The number of thiophene rings is 1. The van der Waals surface area contributed by atoms with Crippen LogP contribution >= 0.6 is 11.3 Å². The summed E-state index contributed by atoms with van der Waals surface area (Å²) in [5.74, 6) is -0.132. The molecule has 4 aromatic rings. The van der Waals surface area contributed by atoms with Gasteiger partial charge in [-0.2, -0.15) is 11.3 Å². The van der Waals surface area contributed by atoms with E-state index in [1.807, 2.05) is 41.1 Å². The zero-order chi connectivity index (χ0) is 16.5. The number of hydrogen-bond acceptors (Lipinski definition) is 5. The van der Waals surface area contributed by atoms with Gasteiger partial charge in [0.1, 0.15) is 0 Å². The van der Waals surface area contributed by atoms with Crippen molar-refractivity contribution in [3.63, 3.8) is 0 Å². The van der Waals surface area contributed by atoms with Crippen LogP contribution in [-0.2, 0) is 0 Å². The van der Waals surface area contributed by atoms with Crippen LogP contribution in [0.25, 0.3) is 22.3 Å². The average molecular weight is 331 g/mol. The first-order valence-corrected chi connectivity index (χ1v) is 8.36. The molecule has 24 heavy (non-hydrogen) atoms. The van der Waals surface area contributed by atoms with Gasteiger partial charge in [0.15, 0.2) is 11.4 Å². The summed E-state index contributed by atoms with van der Waals surface area (Å²) in [5.41, 5.74) is 9.80. The lowest BCUT2D eigenvalue weighted by atomic mass is 9.96. The fourth-order valence-electron chi connectivity index (χ4n) is 2.69. The van der Waals surface area contributed by atoms with Gasteiger partial charge in [0.2, 0.25) is 0 Å². The molecule has 2 N–H and O–H groups in total. The molecule has 4 nitrogen and oxygen atoms in total. The molecule has 0 atom stereocenters. The summed E-state index contributed by atoms with van der Waals surface area (Å²) in [6.07, 6.45) is 1.67. The van der Waals surface area contributed by atoms with E-state index < -0.39 is 0 Å². The van der Waals surface area contributed by atoms with E-state index in [1.165, 1.54) is 0 Å². The van der Waals surface area contributed by atoms with Crippen molar-refractivity contribution in [2.75, 3.05) is 5.73 Å². The summed E-state index contributed by atoms with van der Waals surface area (Å²) in [6.45, 7) is 0. The van der Waals surface area contributed by atoms with Gasteiger partial charge in [-0.1, -0.05) is 30.3 Å². The molecule has 0 amide bonds. The molecule has 3 aromatic heterocycles. The molecule has 0 aliphatic rings. The molecule has 116 valence electrons. The Hall–Kier alpha value is -3.05. The lowest BCUT2D eigenvalue weighted by Gasteiger charge is -2.12. The van der Waals surface area contributed by atoms with Gasteiger partial charge < -0.3 is 5.73 Å². The van der Waals surface area contributed by atoms with Gasteiger partial charge in [0, 0.05) is 28.1 Å². The number of nitrogens with zero attached hydrogens (tertiary/aromatic N) is 2. The Bertz CT molecular complexity index is 1030. The van der Waals surface area contributed by atoms with Gasteiger partial charge in [0.25, 0.3) is 0 Å². The SMILES string of the molecule is Nc1c(C(=O)c2ccccc2)c(-c2ccsc2)nc2ncccc12. The second-order valence-corrected chi connectivity index (χ2v) is 6.11. The van der Waals surface area contributed by atoms with Crippen LogP contribution in [0, 0.1) is 0 Å². The van der Waals surface area contributed by atoms with Crippen LogP contribution in [0.4, 0.5) is 5.69 Å². The quantitative estimate of drug-likeness (QED) is 0.572. The topological polar surface area (TPSA) is 68.9 Å². The highest BCUT2D eigenvalue weighted by Gasteiger charge is 2.22. The fourth-order valence-corrected chi connectivity index (χ4v) is 3.33. The summed E-state index contributed by atoms with van der Waals surface area (Å²) in [6, 6.07) is 14.7. The molecule has 0 aliphatic heterocycles. The second kappa shape index (κ2) is 5.86. The number of pyridine rings is 2. The predicted molar refractivity (Wildman–Crippen MR) is 97.1 cm³/mol. The van der Waals surface area contributed by atoms with Crippen molar-refractivity contribution < 1.29 is 4.79 Å². The van der Waals surface area contributed by atoms with Crippen LogP contribution in [0.15, 0.2) is 65.5 Å². The lowest BCUT2D eigenvalue weighted by molar-refractivity contribution is 0.104. The van der Waals surface area contributed by atoms with Crippen LogP contribution in [0.3, 0.4) is 0 Å². The first-order chi connectivity index (χ1) is 11.8. The Kier molecular flexibility index (Phi) is 3.55. The number of aromatic nitrogens is 2. The van der Waals surface area contributed by atoms with Crippen molar-refractivity contribution in [2.24, 2.45) is 0 Å². The number of fused-ring (bicyclic) bond motifs is 1. The minimum atomic E-state index is -0.132. The van der Waals surface area contributed by atoms with Crippen molar-refractivity contribution in [1.82, 2.24) is 9.97 Å². The number of ketones is 1. The van der Waals surface area contributed by atoms with Gasteiger partial charge in [0.05, 0.1) is 16.9 Å². The minimum absolute atomic E-state index is 0.132. The molecule has 0 spiro atoms. The summed E-state index contributed by atoms with van der Waals surface area (Å²) < 4.78 is 0. The molecular weight excluding hydrogens is 318 g/mol. The molecule has 0 unspecified atom stereocenters. The number of anilines is 1. The summed E-state index contributed by atoms with van der Waals surface area (Å²) in [7, 11) is 0. The summed E-state index contributed by atoms with van der Waals surface area (Å²) in [5, 5.41) is 4.60. The van der Waals surface area contributed by atoms with Crippen LogP contribution in [-0.4, -0.2) is 15.8 Å². The van der Waals surface area contributed by atoms with Crippen molar-refractivity contribution in [1.29, 1.82) is 0 Å². The maximum Gasteiger partial charge on any atom is 0.197 e. The first kappa shape index (κ1) is 14.5. The summed E-state index contributed by atoms with van der Waals surface area (Å²) in [4.78, 5) is 22.0. The van der Waals surface area contributed by atoms with Crippen molar-refractivity contribution in [3.8, 4) is 11.3 Å². The number of carbonyl (C=O) groups is 1. The zero-order valence-corrected chi connectivity index (χ0v) is 13.5. The Morgan fingerprint density at radius 3 is 2.62 bits per heavy atom. The molecule has 0 radical (unpaired) electrons. The number of rotatable bonds is 3. The number of hydrogen-bond donors (Lipinski definition) is 1. The third-order valence-electron chi connectivity index (χ3n) is 3.86. The molecule has 3 heterocycles. The van der Waals surface area contributed by atoms with E-state index in [-0.39, 0.29) is 5.78 Å². The van der Waals surface area contributed by atoms with Gasteiger partial charge in [-0.3, -0.25) is 4.79 Å². The van der Waals surface area contributed by atoms with Gasteiger partial charge in [-0.25, -0.2) is 9.97 Å². The van der Waals surface area contributed by atoms with Crippen molar-refractivity contribution in [3.05, 3.63) is 76.6 Å². The highest BCUT2D eigenvalue weighted by molar-refractivity contribution is 7.08. The lowest BCUT2D eigenvalue weighted by Crippen LogP contribution is -2.10. The van der Waals surface area contributed by atoms with Crippen LogP contribution in [0.2, 0.25) is 0 Å². The highest BCUT2D eigenvalue weighted by atomic mass is 32.1. The van der Waals surface area contributed by atoms with E-state index >= 15 is 0 Å². The van der Waals surface area contributed by atoms with Crippen LogP contribution in [0.5, 0.6) is 0 Å². The van der Waals surface area contributed by atoms with Crippen molar-refractivity contribution >= 4 is 33.8 Å². The van der Waals surface area contributed by atoms with E-state index in [4.69, 9.17) is 5.73 Å². The molecule has 0 bridgehead atoms. The van der Waals surface area contributed by atoms with E-state index in [0.29, 0.717) is 33.5 Å². The van der Waals surface area contributed by atoms with Crippen LogP contribution < -0.4 is 5.73 Å². The smallest absolute Gasteiger partial charge is 0.197 e. The van der Waals surface area contributed by atoms with E-state index in [9.17, 15) is 4.79 Å². The van der Waals surface area contributed by atoms with Gasteiger partial charge >= 0.3 is 0 Å². The summed E-state index contributed by atoms with van der Waals surface area (Å²) >= 11 is 1.55. The molecule has 4 rings (SSSR count). The fraction of sp³-hybridized carbons (Fsp3) is 0. The molecule has 1 aromatic carbocycles. The maximum absolute atomic E-state index is 13.1. The Labute approximate surface area is 142 Å². The van der Waals surface area contributed by atoms with Crippen LogP contribution in [0.1, 0.15) is 15.9 Å². The first-order valence-electron chi connectivity index (χ1n) is 7.42. The highest BCUT2D eigenvalue weighted by Crippen LogP contribution is 2.33. The molecular formula is C19H13N3OS. The normalized spacial score (nSPS) is 10.8. The third kappa shape index (κ3) is 2.35. The maximum atomic E-state index is 13.1. The number of benzene rings is 1. The third-order valence-corrected chi connectivity index (χ3v) is 4.54. The number of carbonyl (C=O) groups excluding carboxylic acids is 1. The molecule has 0 saturated heterocycles. The van der Waals surface area contributed by atoms with Gasteiger partial charge in [-0.15, -0.1) is 0 Å². The van der Waals surface area contributed by atoms with E-state index in [2.05, 4.69) is 9.97 Å². The number of nitrogen functional groups attached to an aromatic ring is 1. The largest absolute Gasteiger partial charge is 0.397 e. The Morgan fingerprint density at radius 1 is 1.04 bits per heavy atom. The second-order valence-electron chi connectivity index (χ2n) is 5.33. The molecule has 0 aliphatic carbocycles. The van der Waals surface area contributed by atoms with E-state index in [1.54, 1.807) is 35.7 Å².